The van der Waals surface area contributed by atoms with Crippen molar-refractivity contribution >= 4 is 5.91 Å². The Hall–Kier alpha value is -2.68. The van der Waals surface area contributed by atoms with Crippen LogP contribution >= 0.6 is 0 Å². The van der Waals surface area contributed by atoms with E-state index in [2.05, 4.69) is 16.4 Å². The summed E-state index contributed by atoms with van der Waals surface area (Å²) in [7, 11) is 0. The summed E-state index contributed by atoms with van der Waals surface area (Å²) >= 11 is 0. The minimum absolute atomic E-state index is 0.0134. The van der Waals surface area contributed by atoms with Gasteiger partial charge >= 0.3 is 0 Å². The predicted octanol–water partition coefficient (Wildman–Crippen LogP) is 2.11. The Morgan fingerprint density at radius 1 is 1.22 bits per heavy atom. The highest BCUT2D eigenvalue weighted by Crippen LogP contribution is 2.39. The molecule has 1 aliphatic carbocycles. The summed E-state index contributed by atoms with van der Waals surface area (Å²) in [6.07, 6.45) is 5.37. The van der Waals surface area contributed by atoms with Gasteiger partial charge in [-0.1, -0.05) is 5.21 Å². The van der Waals surface area contributed by atoms with Gasteiger partial charge in [0, 0.05) is 30.8 Å². The quantitative estimate of drug-likeness (QED) is 0.870. The van der Waals surface area contributed by atoms with Gasteiger partial charge in [0.25, 0.3) is 5.91 Å². The molecule has 1 saturated carbocycles. The minimum Gasteiger partial charge on any atom is -0.336 e. The standard InChI is InChI=1S/C17H17N5O/c18-9-12-1-3-14(4-2-12)17(23)21-8-7-15(10-21)22-11-16(19-20-22)13-5-6-13/h1-4,11,13,15H,5-8,10H2. The van der Waals surface area contributed by atoms with Crippen molar-refractivity contribution < 1.29 is 4.79 Å². The summed E-state index contributed by atoms with van der Waals surface area (Å²) in [5.74, 6) is 0.612. The average Bonchev–Trinajstić information content (AvgIpc) is 3.13. The van der Waals surface area contributed by atoms with Crippen LogP contribution in [-0.2, 0) is 0 Å². The fourth-order valence-corrected chi connectivity index (χ4v) is 3.05. The molecule has 2 heterocycles. The Morgan fingerprint density at radius 3 is 2.70 bits per heavy atom. The molecule has 1 aliphatic heterocycles. The van der Waals surface area contributed by atoms with E-state index in [1.165, 1.54) is 12.8 Å². The molecule has 1 unspecified atom stereocenters. The lowest BCUT2D eigenvalue weighted by molar-refractivity contribution is 0.0787. The summed E-state index contributed by atoms with van der Waals surface area (Å²) in [4.78, 5) is 14.4. The smallest absolute Gasteiger partial charge is 0.253 e. The van der Waals surface area contributed by atoms with Gasteiger partial charge in [0.2, 0.25) is 0 Å². The lowest BCUT2D eigenvalue weighted by Crippen LogP contribution is -2.29. The van der Waals surface area contributed by atoms with Crippen molar-refractivity contribution in [2.75, 3.05) is 13.1 Å². The van der Waals surface area contributed by atoms with Gasteiger partial charge in [0.15, 0.2) is 0 Å². The lowest BCUT2D eigenvalue weighted by atomic mass is 10.1. The van der Waals surface area contributed by atoms with E-state index in [9.17, 15) is 4.79 Å². The van der Waals surface area contributed by atoms with Gasteiger partial charge in [-0.05, 0) is 43.5 Å². The first-order valence-corrected chi connectivity index (χ1v) is 7.96. The van der Waals surface area contributed by atoms with E-state index in [0.717, 1.165) is 18.7 Å². The van der Waals surface area contributed by atoms with Crippen LogP contribution in [-0.4, -0.2) is 38.9 Å². The predicted molar refractivity (Wildman–Crippen MR) is 82.7 cm³/mol. The maximum Gasteiger partial charge on any atom is 0.253 e. The van der Waals surface area contributed by atoms with Crippen LogP contribution in [0.2, 0.25) is 0 Å². The number of hydrogen-bond donors (Lipinski definition) is 0. The van der Waals surface area contributed by atoms with Crippen LogP contribution in [0.3, 0.4) is 0 Å². The second-order valence-electron chi connectivity index (χ2n) is 6.28. The number of nitrogens with zero attached hydrogens (tertiary/aromatic N) is 5. The third kappa shape index (κ3) is 2.70. The third-order valence-corrected chi connectivity index (χ3v) is 4.61. The Bertz CT molecular complexity index is 769. The van der Waals surface area contributed by atoms with Crippen LogP contribution in [0.25, 0.3) is 0 Å². The Balaban J connectivity index is 1.44. The monoisotopic (exact) mass is 307 g/mol. The number of nitriles is 1. The number of benzene rings is 1. The molecule has 0 spiro atoms. The van der Waals surface area contributed by atoms with Gasteiger partial charge < -0.3 is 4.90 Å². The van der Waals surface area contributed by atoms with E-state index < -0.39 is 0 Å². The van der Waals surface area contributed by atoms with E-state index in [-0.39, 0.29) is 11.9 Å². The van der Waals surface area contributed by atoms with Crippen molar-refractivity contribution in [2.45, 2.75) is 31.2 Å². The van der Waals surface area contributed by atoms with E-state index in [4.69, 9.17) is 5.26 Å². The number of hydrogen-bond acceptors (Lipinski definition) is 4. The first-order chi connectivity index (χ1) is 11.2. The fraction of sp³-hybridized carbons (Fsp3) is 0.412. The van der Waals surface area contributed by atoms with Gasteiger partial charge in [-0.25, -0.2) is 4.68 Å². The Labute approximate surface area is 134 Å². The lowest BCUT2D eigenvalue weighted by Gasteiger charge is -2.16. The maximum atomic E-state index is 12.5. The molecule has 2 aliphatic rings. The molecule has 4 rings (SSSR count). The topological polar surface area (TPSA) is 74.8 Å². The Morgan fingerprint density at radius 2 is 2.00 bits per heavy atom. The fourth-order valence-electron chi connectivity index (χ4n) is 3.05. The summed E-state index contributed by atoms with van der Waals surface area (Å²) in [5, 5.41) is 17.3. The summed E-state index contributed by atoms with van der Waals surface area (Å²) < 4.78 is 1.92. The molecular weight excluding hydrogens is 290 g/mol. The number of carbonyl (C=O) groups excluding carboxylic acids is 1. The molecule has 23 heavy (non-hydrogen) atoms. The van der Waals surface area contributed by atoms with Crippen LogP contribution in [0.15, 0.2) is 30.5 Å². The molecule has 1 amide bonds. The highest BCUT2D eigenvalue weighted by atomic mass is 16.2. The van der Waals surface area contributed by atoms with Crippen molar-refractivity contribution in [1.29, 1.82) is 5.26 Å². The zero-order chi connectivity index (χ0) is 15.8. The van der Waals surface area contributed by atoms with Gasteiger partial charge in [0.05, 0.1) is 23.4 Å². The first kappa shape index (κ1) is 13.9. The highest BCUT2D eigenvalue weighted by Gasteiger charge is 2.31. The van der Waals surface area contributed by atoms with Gasteiger partial charge in [-0.3, -0.25) is 4.79 Å². The number of carbonyl (C=O) groups is 1. The summed E-state index contributed by atoms with van der Waals surface area (Å²) in [5.41, 5.74) is 2.28. The molecule has 0 N–H and O–H groups in total. The molecule has 2 fully saturated rings. The zero-order valence-corrected chi connectivity index (χ0v) is 12.7. The second kappa shape index (κ2) is 5.51. The highest BCUT2D eigenvalue weighted by molar-refractivity contribution is 5.94. The van der Waals surface area contributed by atoms with Crippen LogP contribution in [0.1, 0.15) is 52.8 Å². The van der Waals surface area contributed by atoms with E-state index in [1.807, 2.05) is 15.8 Å². The maximum absolute atomic E-state index is 12.5. The first-order valence-electron chi connectivity index (χ1n) is 7.96. The van der Waals surface area contributed by atoms with Gasteiger partial charge in [0.1, 0.15) is 0 Å². The van der Waals surface area contributed by atoms with E-state index >= 15 is 0 Å². The number of likely N-dealkylation sites (tertiary alicyclic amines) is 1. The van der Waals surface area contributed by atoms with Crippen molar-refractivity contribution in [3.05, 3.63) is 47.3 Å². The number of rotatable bonds is 3. The van der Waals surface area contributed by atoms with Crippen LogP contribution in [0.4, 0.5) is 0 Å². The largest absolute Gasteiger partial charge is 0.336 e. The molecule has 0 bridgehead atoms. The Kier molecular flexibility index (Phi) is 3.34. The molecule has 1 atom stereocenters. The molecule has 1 saturated heterocycles. The molecule has 2 aromatic rings. The van der Waals surface area contributed by atoms with Gasteiger partial charge in [-0.15, -0.1) is 5.10 Å². The van der Waals surface area contributed by atoms with Gasteiger partial charge in [-0.2, -0.15) is 5.26 Å². The third-order valence-electron chi connectivity index (χ3n) is 4.61. The van der Waals surface area contributed by atoms with Crippen molar-refractivity contribution in [3.63, 3.8) is 0 Å². The summed E-state index contributed by atoms with van der Waals surface area (Å²) in [6, 6.07) is 9.07. The second-order valence-corrected chi connectivity index (χ2v) is 6.28. The van der Waals surface area contributed by atoms with Crippen LogP contribution < -0.4 is 0 Å². The van der Waals surface area contributed by atoms with Crippen LogP contribution in [0, 0.1) is 11.3 Å². The van der Waals surface area contributed by atoms with Crippen molar-refractivity contribution in [2.24, 2.45) is 0 Å². The van der Waals surface area contributed by atoms with Crippen molar-refractivity contribution in [3.8, 4) is 6.07 Å². The average molecular weight is 307 g/mol. The minimum atomic E-state index is 0.0134. The van der Waals surface area contributed by atoms with E-state index in [1.54, 1.807) is 24.3 Å². The number of amides is 1. The molecule has 6 nitrogen and oxygen atoms in total. The number of aromatic nitrogens is 3. The van der Waals surface area contributed by atoms with E-state index in [0.29, 0.717) is 23.6 Å². The molecule has 116 valence electrons. The molecule has 0 radical (unpaired) electrons. The molecule has 1 aromatic heterocycles. The molecule has 1 aromatic carbocycles. The SMILES string of the molecule is N#Cc1ccc(C(=O)N2CCC(n3cc(C4CC4)nn3)C2)cc1. The summed E-state index contributed by atoms with van der Waals surface area (Å²) in [6.45, 7) is 1.38. The van der Waals surface area contributed by atoms with Crippen LogP contribution in [0.5, 0.6) is 0 Å². The normalized spacial score (nSPS) is 20.5. The molecular formula is C17H17N5O. The zero-order valence-electron chi connectivity index (χ0n) is 12.7. The molecule has 6 heteroatoms. The van der Waals surface area contributed by atoms with Crippen molar-refractivity contribution in [1.82, 2.24) is 19.9 Å².